The molecule has 1 aliphatic rings. The Hall–Kier alpha value is -1.35. The molecule has 1 heterocycles. The molecule has 98 valence electrons. The van der Waals surface area contributed by atoms with Crippen LogP contribution in [0.25, 0.3) is 0 Å². The van der Waals surface area contributed by atoms with E-state index < -0.39 is 5.54 Å². The molecule has 1 fully saturated rings. The molecule has 2 atom stereocenters. The van der Waals surface area contributed by atoms with Gasteiger partial charge in [-0.2, -0.15) is 0 Å². The molecule has 3 nitrogen and oxygen atoms in total. The van der Waals surface area contributed by atoms with Gasteiger partial charge < -0.3 is 10.1 Å². The van der Waals surface area contributed by atoms with Crippen molar-refractivity contribution in [2.24, 2.45) is 5.92 Å². The summed E-state index contributed by atoms with van der Waals surface area (Å²) in [6.07, 6.45) is 2.99. The summed E-state index contributed by atoms with van der Waals surface area (Å²) < 4.78 is 4.89. The van der Waals surface area contributed by atoms with Crippen LogP contribution < -0.4 is 5.32 Å². The standard InChI is InChI=1S/C15H21NO2/c1-15(14(17)18-2)11-13(8-9-16-15)10-12-6-4-3-5-7-12/h3-7,13,16H,8-11H2,1-2H3. The molecule has 2 unspecified atom stereocenters. The first-order valence-electron chi connectivity index (χ1n) is 6.51. The number of ether oxygens (including phenoxy) is 1. The van der Waals surface area contributed by atoms with Crippen molar-refractivity contribution in [3.05, 3.63) is 35.9 Å². The van der Waals surface area contributed by atoms with E-state index in [0.717, 1.165) is 25.8 Å². The van der Waals surface area contributed by atoms with Crippen LogP contribution in [-0.2, 0) is 16.0 Å². The highest BCUT2D eigenvalue weighted by molar-refractivity contribution is 5.80. The third kappa shape index (κ3) is 2.91. The molecule has 0 spiro atoms. The lowest BCUT2D eigenvalue weighted by Crippen LogP contribution is -2.55. The van der Waals surface area contributed by atoms with Crippen LogP contribution in [0.15, 0.2) is 30.3 Å². The van der Waals surface area contributed by atoms with Crippen LogP contribution in [0.2, 0.25) is 0 Å². The number of esters is 1. The van der Waals surface area contributed by atoms with Crippen LogP contribution in [0.4, 0.5) is 0 Å². The number of hydrogen-bond donors (Lipinski definition) is 1. The lowest BCUT2D eigenvalue weighted by molar-refractivity contribution is -0.149. The van der Waals surface area contributed by atoms with Crippen molar-refractivity contribution in [1.82, 2.24) is 5.32 Å². The molecular weight excluding hydrogens is 226 g/mol. The van der Waals surface area contributed by atoms with Gasteiger partial charge in [0.15, 0.2) is 0 Å². The van der Waals surface area contributed by atoms with E-state index >= 15 is 0 Å². The third-order valence-electron chi connectivity index (χ3n) is 3.77. The zero-order chi connectivity index (χ0) is 13.0. The Morgan fingerprint density at radius 1 is 1.44 bits per heavy atom. The molecule has 0 bridgehead atoms. The number of rotatable bonds is 3. The molecule has 3 heteroatoms. The molecule has 1 aromatic rings. The van der Waals surface area contributed by atoms with Gasteiger partial charge in [-0.3, -0.25) is 4.79 Å². The highest BCUT2D eigenvalue weighted by Gasteiger charge is 2.39. The second-order valence-corrected chi connectivity index (χ2v) is 5.30. The van der Waals surface area contributed by atoms with Gasteiger partial charge >= 0.3 is 5.97 Å². The molecular formula is C15H21NO2. The molecule has 18 heavy (non-hydrogen) atoms. The first-order chi connectivity index (χ1) is 8.64. The summed E-state index contributed by atoms with van der Waals surface area (Å²) in [5.41, 5.74) is 0.823. The van der Waals surface area contributed by atoms with Gasteiger partial charge in [0.2, 0.25) is 0 Å². The SMILES string of the molecule is COC(=O)C1(C)CC(Cc2ccccc2)CCN1. The summed E-state index contributed by atoms with van der Waals surface area (Å²) in [5.74, 6) is 0.387. The van der Waals surface area contributed by atoms with E-state index in [9.17, 15) is 4.79 Å². The maximum absolute atomic E-state index is 11.8. The zero-order valence-electron chi connectivity index (χ0n) is 11.1. The highest BCUT2D eigenvalue weighted by atomic mass is 16.5. The van der Waals surface area contributed by atoms with Gasteiger partial charge in [-0.1, -0.05) is 30.3 Å². The fourth-order valence-electron chi connectivity index (χ4n) is 2.81. The second-order valence-electron chi connectivity index (χ2n) is 5.30. The fourth-order valence-corrected chi connectivity index (χ4v) is 2.81. The summed E-state index contributed by atoms with van der Waals surface area (Å²) in [5, 5.41) is 3.29. The highest BCUT2D eigenvalue weighted by Crippen LogP contribution is 2.28. The molecule has 1 aromatic carbocycles. The first kappa shape index (κ1) is 13.1. The van der Waals surface area contributed by atoms with E-state index in [-0.39, 0.29) is 5.97 Å². The molecule has 0 radical (unpaired) electrons. The monoisotopic (exact) mass is 247 g/mol. The van der Waals surface area contributed by atoms with Crippen molar-refractivity contribution < 1.29 is 9.53 Å². The normalized spacial score (nSPS) is 27.8. The molecule has 2 rings (SSSR count). The third-order valence-corrected chi connectivity index (χ3v) is 3.77. The van der Waals surface area contributed by atoms with E-state index in [2.05, 4.69) is 29.6 Å². The molecule has 1 saturated heterocycles. The minimum Gasteiger partial charge on any atom is -0.468 e. The molecule has 0 amide bonds. The van der Waals surface area contributed by atoms with Crippen LogP contribution in [0, 0.1) is 5.92 Å². The Kier molecular flexibility index (Phi) is 4.02. The van der Waals surface area contributed by atoms with Crippen molar-refractivity contribution in [1.29, 1.82) is 0 Å². The van der Waals surface area contributed by atoms with E-state index in [4.69, 9.17) is 4.74 Å². The average Bonchev–Trinajstić information content (AvgIpc) is 2.39. The van der Waals surface area contributed by atoms with Gasteiger partial charge in [0.05, 0.1) is 7.11 Å². The number of benzene rings is 1. The smallest absolute Gasteiger partial charge is 0.325 e. The van der Waals surface area contributed by atoms with Crippen LogP contribution >= 0.6 is 0 Å². The van der Waals surface area contributed by atoms with E-state index in [1.54, 1.807) is 0 Å². The summed E-state index contributed by atoms with van der Waals surface area (Å²) in [4.78, 5) is 11.8. The van der Waals surface area contributed by atoms with E-state index in [1.807, 2.05) is 13.0 Å². The number of methoxy groups -OCH3 is 1. The molecule has 1 N–H and O–H groups in total. The number of carbonyl (C=O) groups is 1. The van der Waals surface area contributed by atoms with E-state index in [1.165, 1.54) is 12.7 Å². The van der Waals surface area contributed by atoms with Crippen LogP contribution in [0.3, 0.4) is 0 Å². The summed E-state index contributed by atoms with van der Waals surface area (Å²) in [6.45, 7) is 2.82. The van der Waals surface area contributed by atoms with Gasteiger partial charge in [0, 0.05) is 0 Å². The Bertz CT molecular complexity index is 404. The van der Waals surface area contributed by atoms with E-state index in [0.29, 0.717) is 5.92 Å². The van der Waals surface area contributed by atoms with Crippen molar-refractivity contribution in [2.45, 2.75) is 31.7 Å². The Morgan fingerprint density at radius 3 is 2.83 bits per heavy atom. The van der Waals surface area contributed by atoms with Gasteiger partial charge in [-0.05, 0) is 44.2 Å². The maximum atomic E-state index is 11.8. The molecule has 1 aliphatic heterocycles. The van der Waals surface area contributed by atoms with Crippen LogP contribution in [-0.4, -0.2) is 25.2 Å². The maximum Gasteiger partial charge on any atom is 0.325 e. The molecule has 0 saturated carbocycles. The second kappa shape index (κ2) is 5.53. The quantitative estimate of drug-likeness (QED) is 0.832. The van der Waals surface area contributed by atoms with Gasteiger partial charge in [0.1, 0.15) is 5.54 Å². The zero-order valence-corrected chi connectivity index (χ0v) is 11.1. The Morgan fingerprint density at radius 2 is 2.17 bits per heavy atom. The summed E-state index contributed by atoms with van der Waals surface area (Å²) in [6, 6.07) is 10.5. The van der Waals surface area contributed by atoms with Crippen molar-refractivity contribution in [2.75, 3.05) is 13.7 Å². The number of carbonyl (C=O) groups excluding carboxylic acids is 1. The minimum atomic E-state index is -0.521. The Labute approximate surface area is 109 Å². The fraction of sp³-hybridized carbons (Fsp3) is 0.533. The van der Waals surface area contributed by atoms with Gasteiger partial charge in [-0.15, -0.1) is 0 Å². The Balaban J connectivity index is 2.01. The number of nitrogens with one attached hydrogen (secondary N) is 1. The summed E-state index contributed by atoms with van der Waals surface area (Å²) in [7, 11) is 1.45. The van der Waals surface area contributed by atoms with Crippen molar-refractivity contribution >= 4 is 5.97 Å². The van der Waals surface area contributed by atoms with Crippen LogP contribution in [0.5, 0.6) is 0 Å². The predicted molar refractivity (Wildman–Crippen MR) is 71.3 cm³/mol. The topological polar surface area (TPSA) is 38.3 Å². The largest absolute Gasteiger partial charge is 0.468 e. The minimum absolute atomic E-state index is 0.153. The van der Waals surface area contributed by atoms with Crippen molar-refractivity contribution in [3.8, 4) is 0 Å². The lowest BCUT2D eigenvalue weighted by Gasteiger charge is -2.37. The molecule has 0 aromatic heterocycles. The number of piperidine rings is 1. The predicted octanol–water partition coefficient (Wildman–Crippen LogP) is 2.16. The average molecular weight is 247 g/mol. The molecule has 0 aliphatic carbocycles. The van der Waals surface area contributed by atoms with Gasteiger partial charge in [0.25, 0.3) is 0 Å². The lowest BCUT2D eigenvalue weighted by atomic mass is 9.80. The van der Waals surface area contributed by atoms with Crippen LogP contribution in [0.1, 0.15) is 25.3 Å². The summed E-state index contributed by atoms with van der Waals surface area (Å²) >= 11 is 0. The number of hydrogen-bond acceptors (Lipinski definition) is 3. The van der Waals surface area contributed by atoms with Crippen molar-refractivity contribution in [3.63, 3.8) is 0 Å². The van der Waals surface area contributed by atoms with Gasteiger partial charge in [-0.25, -0.2) is 0 Å². The first-order valence-corrected chi connectivity index (χ1v) is 6.51.